The molecule has 1 aliphatic rings. The van der Waals surface area contributed by atoms with E-state index in [4.69, 9.17) is 5.11 Å². The Morgan fingerprint density at radius 2 is 1.80 bits per heavy atom. The second-order valence-corrected chi connectivity index (χ2v) is 5.97. The lowest BCUT2D eigenvalue weighted by molar-refractivity contribution is 0.0928. The van der Waals surface area contributed by atoms with Crippen molar-refractivity contribution in [1.29, 1.82) is 0 Å². The third-order valence-corrected chi connectivity index (χ3v) is 4.27. The van der Waals surface area contributed by atoms with Crippen molar-refractivity contribution in [2.45, 2.75) is 19.4 Å². The minimum atomic E-state index is -0.885. The van der Waals surface area contributed by atoms with Crippen LogP contribution < -0.4 is 10.6 Å². The van der Waals surface area contributed by atoms with E-state index in [9.17, 15) is 14.4 Å². The normalized spacial score (nSPS) is 14.7. The van der Waals surface area contributed by atoms with Crippen LogP contribution in [0.3, 0.4) is 0 Å². The molecule has 0 aromatic heterocycles. The fourth-order valence-corrected chi connectivity index (χ4v) is 2.69. The van der Waals surface area contributed by atoms with Gasteiger partial charge in [0.15, 0.2) is 0 Å². The molecule has 25 heavy (non-hydrogen) atoms. The van der Waals surface area contributed by atoms with Crippen LogP contribution in [0.2, 0.25) is 0 Å². The lowest BCUT2D eigenvalue weighted by atomic mass is 9.97. The minimum Gasteiger partial charge on any atom is -0.465 e. The molecular weight excluding hydrogens is 326 g/mol. The Kier molecular flexibility index (Phi) is 6.62. The first-order valence-corrected chi connectivity index (χ1v) is 8.16. The summed E-state index contributed by atoms with van der Waals surface area (Å²) < 4.78 is 4.49. The maximum absolute atomic E-state index is 12.2. The molecule has 0 radical (unpaired) electrons. The molecule has 1 saturated heterocycles. The summed E-state index contributed by atoms with van der Waals surface area (Å²) in [4.78, 5) is 35.5. The van der Waals surface area contributed by atoms with Gasteiger partial charge in [0, 0.05) is 31.7 Å². The van der Waals surface area contributed by atoms with E-state index in [0.717, 1.165) is 18.4 Å². The number of carbonyl (C=O) groups excluding carboxylic acids is 2. The number of amides is 3. The Morgan fingerprint density at radius 1 is 1.16 bits per heavy atom. The molecule has 8 nitrogen and oxygen atoms in total. The molecule has 0 spiro atoms. The van der Waals surface area contributed by atoms with Crippen LogP contribution in [0, 0.1) is 5.92 Å². The molecule has 0 atom stereocenters. The highest BCUT2D eigenvalue weighted by Crippen LogP contribution is 2.16. The number of alkyl carbamates (subject to hydrolysis) is 1. The lowest BCUT2D eigenvalue weighted by Gasteiger charge is -2.29. The molecule has 1 aromatic rings. The number of hydrogen-bond donors (Lipinski definition) is 3. The van der Waals surface area contributed by atoms with Gasteiger partial charge in [-0.2, -0.15) is 0 Å². The van der Waals surface area contributed by atoms with Crippen LogP contribution in [-0.2, 0) is 11.3 Å². The lowest BCUT2D eigenvalue weighted by Crippen LogP contribution is -2.40. The van der Waals surface area contributed by atoms with E-state index >= 15 is 0 Å². The Morgan fingerprint density at radius 3 is 2.36 bits per heavy atom. The number of ether oxygens (including phenoxy) is 1. The van der Waals surface area contributed by atoms with Gasteiger partial charge in [-0.25, -0.2) is 9.59 Å². The Bertz CT molecular complexity index is 609. The van der Waals surface area contributed by atoms with Gasteiger partial charge < -0.3 is 25.4 Å². The smallest absolute Gasteiger partial charge is 0.407 e. The zero-order valence-electron chi connectivity index (χ0n) is 14.2. The maximum atomic E-state index is 12.2. The average Bonchev–Trinajstić information content (AvgIpc) is 2.64. The summed E-state index contributed by atoms with van der Waals surface area (Å²) in [6, 6.07) is 6.96. The number of benzene rings is 1. The number of likely N-dealkylation sites (tertiary alicyclic amines) is 1. The van der Waals surface area contributed by atoms with Crippen LogP contribution >= 0.6 is 0 Å². The molecule has 0 saturated carbocycles. The molecule has 0 bridgehead atoms. The molecule has 1 fully saturated rings. The quantitative estimate of drug-likeness (QED) is 0.749. The van der Waals surface area contributed by atoms with Crippen molar-refractivity contribution in [2.75, 3.05) is 26.7 Å². The van der Waals surface area contributed by atoms with Crippen molar-refractivity contribution in [3.05, 3.63) is 35.4 Å². The van der Waals surface area contributed by atoms with Crippen LogP contribution in [0.15, 0.2) is 24.3 Å². The second kappa shape index (κ2) is 8.91. The number of methoxy groups -OCH3 is 1. The zero-order chi connectivity index (χ0) is 18.2. The van der Waals surface area contributed by atoms with Gasteiger partial charge >= 0.3 is 12.2 Å². The van der Waals surface area contributed by atoms with Gasteiger partial charge in [-0.15, -0.1) is 0 Å². The van der Waals surface area contributed by atoms with Gasteiger partial charge in [0.25, 0.3) is 5.91 Å². The second-order valence-electron chi connectivity index (χ2n) is 5.97. The molecule has 8 heteroatoms. The number of carbonyl (C=O) groups is 3. The summed E-state index contributed by atoms with van der Waals surface area (Å²) in [7, 11) is 1.30. The molecule has 3 amide bonds. The van der Waals surface area contributed by atoms with Crippen molar-refractivity contribution < 1.29 is 24.2 Å². The largest absolute Gasteiger partial charge is 0.465 e. The van der Waals surface area contributed by atoms with E-state index < -0.39 is 12.2 Å². The number of carboxylic acid groups (broad SMARTS) is 1. The first-order valence-electron chi connectivity index (χ1n) is 8.16. The van der Waals surface area contributed by atoms with Gasteiger partial charge in [-0.1, -0.05) is 12.1 Å². The number of nitrogens with zero attached hydrogens (tertiary/aromatic N) is 1. The topological polar surface area (TPSA) is 108 Å². The van der Waals surface area contributed by atoms with Crippen molar-refractivity contribution in [2.24, 2.45) is 5.92 Å². The van der Waals surface area contributed by atoms with Crippen LogP contribution in [0.25, 0.3) is 0 Å². The van der Waals surface area contributed by atoms with Crippen molar-refractivity contribution >= 4 is 18.1 Å². The number of piperidine rings is 1. The first-order chi connectivity index (χ1) is 12.0. The fourth-order valence-electron chi connectivity index (χ4n) is 2.69. The van der Waals surface area contributed by atoms with E-state index in [1.807, 2.05) is 0 Å². The monoisotopic (exact) mass is 349 g/mol. The molecule has 1 aliphatic heterocycles. The molecule has 136 valence electrons. The van der Waals surface area contributed by atoms with Crippen LogP contribution in [0.4, 0.5) is 9.59 Å². The molecule has 3 N–H and O–H groups in total. The van der Waals surface area contributed by atoms with Gasteiger partial charge in [-0.05, 0) is 36.5 Å². The molecule has 2 rings (SSSR count). The van der Waals surface area contributed by atoms with Crippen molar-refractivity contribution in [1.82, 2.24) is 15.5 Å². The van der Waals surface area contributed by atoms with Crippen molar-refractivity contribution in [3.8, 4) is 0 Å². The van der Waals surface area contributed by atoms with Crippen LogP contribution in [-0.4, -0.2) is 54.8 Å². The highest BCUT2D eigenvalue weighted by atomic mass is 16.5. The Labute approximate surface area is 146 Å². The molecule has 1 aromatic carbocycles. The van der Waals surface area contributed by atoms with E-state index in [1.165, 1.54) is 12.0 Å². The van der Waals surface area contributed by atoms with E-state index in [0.29, 0.717) is 37.7 Å². The fraction of sp³-hybridized carbons (Fsp3) is 0.471. The van der Waals surface area contributed by atoms with E-state index in [-0.39, 0.29) is 5.91 Å². The molecule has 0 aliphatic carbocycles. The highest BCUT2D eigenvalue weighted by molar-refractivity contribution is 5.94. The molecular formula is C17H23N3O5. The van der Waals surface area contributed by atoms with Gasteiger partial charge in [0.05, 0.1) is 7.11 Å². The first kappa shape index (κ1) is 18.6. The number of rotatable bonds is 5. The third kappa shape index (κ3) is 5.66. The third-order valence-electron chi connectivity index (χ3n) is 4.27. The standard InChI is InChI=1S/C17H23N3O5/c1-25-16(22)19-11-12-2-4-14(5-3-12)15(21)18-10-13-6-8-20(9-7-13)17(23)24/h2-5,13H,6-11H2,1H3,(H,18,21)(H,19,22)(H,23,24). The predicted octanol–water partition coefficient (Wildman–Crippen LogP) is 1.66. The summed E-state index contributed by atoms with van der Waals surface area (Å²) in [5.74, 6) is 0.135. The maximum Gasteiger partial charge on any atom is 0.407 e. The molecule has 1 heterocycles. The highest BCUT2D eigenvalue weighted by Gasteiger charge is 2.22. The van der Waals surface area contributed by atoms with Crippen LogP contribution in [0.5, 0.6) is 0 Å². The summed E-state index contributed by atoms with van der Waals surface area (Å²) >= 11 is 0. The van der Waals surface area contributed by atoms with Gasteiger partial charge in [0.1, 0.15) is 0 Å². The van der Waals surface area contributed by atoms with E-state index in [1.54, 1.807) is 24.3 Å². The number of hydrogen-bond acceptors (Lipinski definition) is 4. The Hall–Kier alpha value is -2.77. The summed E-state index contributed by atoms with van der Waals surface area (Å²) in [5.41, 5.74) is 1.41. The van der Waals surface area contributed by atoms with Gasteiger partial charge in [-0.3, -0.25) is 4.79 Å². The average molecular weight is 349 g/mol. The minimum absolute atomic E-state index is 0.159. The summed E-state index contributed by atoms with van der Waals surface area (Å²) in [5, 5.41) is 14.4. The Balaban J connectivity index is 1.75. The SMILES string of the molecule is COC(=O)NCc1ccc(C(=O)NCC2CCN(C(=O)O)CC2)cc1. The zero-order valence-corrected chi connectivity index (χ0v) is 14.2. The van der Waals surface area contributed by atoms with Crippen molar-refractivity contribution in [3.63, 3.8) is 0 Å². The predicted molar refractivity (Wildman–Crippen MR) is 90.3 cm³/mol. The summed E-state index contributed by atoms with van der Waals surface area (Å²) in [6.45, 7) is 1.89. The number of nitrogens with one attached hydrogen (secondary N) is 2. The van der Waals surface area contributed by atoms with Gasteiger partial charge in [0.2, 0.25) is 0 Å². The van der Waals surface area contributed by atoms with E-state index in [2.05, 4.69) is 15.4 Å². The van der Waals surface area contributed by atoms with Crippen LogP contribution in [0.1, 0.15) is 28.8 Å². The molecule has 0 unspecified atom stereocenters. The summed E-state index contributed by atoms with van der Waals surface area (Å²) in [6.07, 6.45) is 0.120.